The summed E-state index contributed by atoms with van der Waals surface area (Å²) < 4.78 is 28.3. The summed E-state index contributed by atoms with van der Waals surface area (Å²) in [7, 11) is -3.46. The van der Waals surface area contributed by atoms with Crippen LogP contribution in [0.3, 0.4) is 0 Å². The summed E-state index contributed by atoms with van der Waals surface area (Å²) in [5.41, 5.74) is 0. The van der Waals surface area contributed by atoms with Gasteiger partial charge >= 0.3 is 0 Å². The maximum Gasteiger partial charge on any atom is 0.271 e. The first-order valence-electron chi connectivity index (χ1n) is 4.93. The fourth-order valence-electron chi connectivity index (χ4n) is 3.62. The van der Waals surface area contributed by atoms with E-state index in [2.05, 4.69) is 0 Å². The van der Waals surface area contributed by atoms with Crippen molar-refractivity contribution in [2.45, 2.75) is 24.7 Å². The maximum atomic E-state index is 11.6. The molecule has 3 aliphatic rings. The van der Waals surface area contributed by atoms with Gasteiger partial charge in [-0.1, -0.05) is 6.92 Å². The second kappa shape index (κ2) is 2.39. The molecule has 2 saturated carbocycles. The van der Waals surface area contributed by atoms with Crippen LogP contribution in [0.25, 0.3) is 0 Å². The van der Waals surface area contributed by atoms with E-state index in [-0.39, 0.29) is 29.8 Å². The lowest BCUT2D eigenvalue weighted by molar-refractivity contribution is -0.112. The van der Waals surface area contributed by atoms with Gasteiger partial charge in [-0.25, -0.2) is 0 Å². The molecule has 6 unspecified atom stereocenters. The molecule has 2 bridgehead atoms. The number of rotatable bonds is 1. The highest BCUT2D eigenvalue weighted by atomic mass is 32.2. The molecule has 2 aliphatic carbocycles. The molecule has 3 fully saturated rings. The van der Waals surface area contributed by atoms with Gasteiger partial charge in [0, 0.05) is 11.8 Å². The Kier molecular flexibility index (Phi) is 1.51. The molecule has 0 aromatic carbocycles. The topological polar surface area (TPSA) is 60.4 Å². The first-order chi connectivity index (χ1) is 6.56. The van der Waals surface area contributed by atoms with E-state index in [1.807, 2.05) is 6.92 Å². The Hall–Kier alpha value is -0.420. The lowest BCUT2D eigenvalue weighted by Crippen LogP contribution is -2.36. The maximum absolute atomic E-state index is 11.6. The molecule has 1 saturated heterocycles. The third-order valence-corrected chi connectivity index (χ3v) is 6.01. The zero-order valence-corrected chi connectivity index (χ0v) is 8.61. The van der Waals surface area contributed by atoms with Gasteiger partial charge in [-0.05, 0) is 18.3 Å². The third kappa shape index (κ3) is 0.787. The molecule has 6 atom stereocenters. The number of hydrogen-bond donors (Lipinski definition) is 0. The van der Waals surface area contributed by atoms with Gasteiger partial charge in [0.15, 0.2) is 0 Å². The fraction of sp³-hybridized carbons (Fsp3) is 0.889. The van der Waals surface area contributed by atoms with E-state index < -0.39 is 15.4 Å². The lowest BCUT2D eigenvalue weighted by atomic mass is 9.80. The van der Waals surface area contributed by atoms with Crippen LogP contribution >= 0.6 is 0 Å². The van der Waals surface area contributed by atoms with Crippen molar-refractivity contribution in [3.63, 3.8) is 0 Å². The molecular formula is C9H12O4S. The quantitative estimate of drug-likeness (QED) is 0.463. The first-order valence-corrected chi connectivity index (χ1v) is 6.41. The predicted molar refractivity (Wildman–Crippen MR) is 47.9 cm³/mol. The summed E-state index contributed by atoms with van der Waals surface area (Å²) in [6, 6.07) is 0. The van der Waals surface area contributed by atoms with E-state index in [1.165, 1.54) is 0 Å². The Labute approximate surface area is 82.8 Å². The van der Waals surface area contributed by atoms with Crippen molar-refractivity contribution in [2.75, 3.05) is 0 Å². The summed E-state index contributed by atoms with van der Waals surface area (Å²) >= 11 is 0. The smallest absolute Gasteiger partial charge is 0.271 e. The molecule has 0 aromatic rings. The second-order valence-corrected chi connectivity index (χ2v) is 6.38. The number of carbonyl (C=O) groups excluding carboxylic acids is 1. The van der Waals surface area contributed by atoms with Crippen LogP contribution in [0.5, 0.6) is 0 Å². The first kappa shape index (κ1) is 8.85. The van der Waals surface area contributed by atoms with Gasteiger partial charge in [0.25, 0.3) is 10.1 Å². The number of carbonyl (C=O) groups is 1. The van der Waals surface area contributed by atoms with Crippen LogP contribution in [0.2, 0.25) is 0 Å². The predicted octanol–water partition coefficient (Wildman–Crippen LogP) is 0.184. The van der Waals surface area contributed by atoms with Crippen molar-refractivity contribution in [2.24, 2.45) is 23.7 Å². The van der Waals surface area contributed by atoms with Crippen LogP contribution in [0.4, 0.5) is 0 Å². The Morgan fingerprint density at radius 1 is 1.36 bits per heavy atom. The molecule has 0 N–H and O–H groups in total. The standard InChI is InChI=1S/C9H12O4S/c1-4-5-2-6-8(4)13-14(11,12)9(6)7(5)3-10/h3-9H,2H2,1H3. The van der Waals surface area contributed by atoms with Crippen LogP contribution in [0.1, 0.15) is 13.3 Å². The van der Waals surface area contributed by atoms with Crippen molar-refractivity contribution < 1.29 is 17.4 Å². The van der Waals surface area contributed by atoms with E-state index in [9.17, 15) is 13.2 Å². The van der Waals surface area contributed by atoms with Gasteiger partial charge < -0.3 is 4.79 Å². The van der Waals surface area contributed by atoms with Gasteiger partial charge in [0.1, 0.15) is 11.5 Å². The molecule has 0 radical (unpaired) electrons. The zero-order chi connectivity index (χ0) is 10.1. The average molecular weight is 216 g/mol. The Balaban J connectivity index is 2.13. The largest absolute Gasteiger partial charge is 0.303 e. The SMILES string of the molecule is CC1C2CC3C1OS(=O)(=O)C3C2C=O. The van der Waals surface area contributed by atoms with Gasteiger partial charge in [-0.15, -0.1) is 0 Å². The van der Waals surface area contributed by atoms with Crippen molar-refractivity contribution in [3.05, 3.63) is 0 Å². The van der Waals surface area contributed by atoms with Crippen LogP contribution < -0.4 is 0 Å². The van der Waals surface area contributed by atoms with Crippen LogP contribution in [-0.2, 0) is 19.1 Å². The Morgan fingerprint density at radius 3 is 2.71 bits per heavy atom. The molecule has 1 aliphatic heterocycles. The van der Waals surface area contributed by atoms with Crippen molar-refractivity contribution >= 4 is 16.4 Å². The molecule has 1 heterocycles. The highest BCUT2D eigenvalue weighted by Gasteiger charge is 2.67. The highest BCUT2D eigenvalue weighted by Crippen LogP contribution is 2.59. The number of fused-ring (bicyclic) bond motifs is 1. The van der Waals surface area contributed by atoms with Gasteiger partial charge in [-0.2, -0.15) is 8.42 Å². The molecule has 0 amide bonds. The Bertz CT molecular complexity index is 388. The molecular weight excluding hydrogens is 204 g/mol. The van der Waals surface area contributed by atoms with Gasteiger partial charge in [0.2, 0.25) is 0 Å². The molecule has 3 rings (SSSR count). The summed E-state index contributed by atoms with van der Waals surface area (Å²) in [6.07, 6.45) is 1.51. The lowest BCUT2D eigenvalue weighted by Gasteiger charge is -2.25. The van der Waals surface area contributed by atoms with E-state index >= 15 is 0 Å². The minimum atomic E-state index is -3.46. The highest BCUT2D eigenvalue weighted by molar-refractivity contribution is 7.87. The minimum absolute atomic E-state index is 0.0789. The molecule has 4 nitrogen and oxygen atoms in total. The number of aldehydes is 1. The summed E-state index contributed by atoms with van der Waals surface area (Å²) in [4.78, 5) is 10.9. The van der Waals surface area contributed by atoms with Crippen molar-refractivity contribution in [1.29, 1.82) is 0 Å². The fourth-order valence-corrected chi connectivity index (χ4v) is 5.72. The van der Waals surface area contributed by atoms with Crippen LogP contribution in [0, 0.1) is 23.7 Å². The normalized spacial score (nSPS) is 57.8. The van der Waals surface area contributed by atoms with E-state index in [4.69, 9.17) is 4.18 Å². The molecule has 5 heteroatoms. The summed E-state index contributed by atoms with van der Waals surface area (Å²) in [5, 5.41) is -0.536. The third-order valence-electron chi connectivity index (χ3n) is 4.19. The molecule has 0 spiro atoms. The Morgan fingerprint density at radius 2 is 2.07 bits per heavy atom. The summed E-state index contributed by atoms with van der Waals surface area (Å²) in [5.74, 6) is 0.197. The van der Waals surface area contributed by atoms with Crippen LogP contribution in [0.15, 0.2) is 0 Å². The van der Waals surface area contributed by atoms with E-state index in [1.54, 1.807) is 0 Å². The molecule has 14 heavy (non-hydrogen) atoms. The van der Waals surface area contributed by atoms with E-state index in [0.29, 0.717) is 0 Å². The molecule has 78 valence electrons. The van der Waals surface area contributed by atoms with E-state index in [0.717, 1.165) is 12.7 Å². The van der Waals surface area contributed by atoms with Gasteiger partial charge in [-0.3, -0.25) is 4.18 Å². The minimum Gasteiger partial charge on any atom is -0.303 e. The number of hydrogen-bond acceptors (Lipinski definition) is 4. The van der Waals surface area contributed by atoms with Crippen LogP contribution in [-0.4, -0.2) is 26.1 Å². The average Bonchev–Trinajstić information content (AvgIpc) is 2.67. The van der Waals surface area contributed by atoms with Crippen molar-refractivity contribution in [3.8, 4) is 0 Å². The monoisotopic (exact) mass is 216 g/mol. The summed E-state index contributed by atoms with van der Waals surface area (Å²) in [6.45, 7) is 1.99. The van der Waals surface area contributed by atoms with Gasteiger partial charge in [0.05, 0.1) is 6.10 Å². The molecule has 0 aromatic heterocycles. The van der Waals surface area contributed by atoms with Crippen molar-refractivity contribution in [1.82, 2.24) is 0 Å². The zero-order valence-electron chi connectivity index (χ0n) is 7.79. The second-order valence-electron chi connectivity index (χ2n) is 4.65.